The maximum Gasteiger partial charge on any atom is 0.391 e. The fourth-order valence-corrected chi connectivity index (χ4v) is 12.1. The SMILES string of the molecule is CN(C)C1COC1.CN(C)CC(F)F.CN(C)CC1(C)COC1.CN(C)Cc1nccn1C.CN(C)Cc1nncn1C.CN(CC1CC1)C1CC1.CN1CC2CC2C1.CN1CCC(C(F)(F)F)CC1.CN1CCC(F)(F)C1.CN1CCC(F)C1.CN1CCC(F)CC1.CN1CCCCC1.COCCN(C)C. The normalized spacial score (nSPS) is 22.9. The molecule has 2 aromatic heterocycles. The molecule has 30 heteroatoms. The molecule has 0 bridgehead atoms. The third-order valence-corrected chi connectivity index (χ3v) is 19.5. The first-order valence-electron chi connectivity index (χ1n) is 39.2. The number of hydrogen-bond acceptors (Lipinski definition) is 19. The summed E-state index contributed by atoms with van der Waals surface area (Å²) in [6.45, 7) is 22.4. The highest BCUT2D eigenvalue weighted by Gasteiger charge is 2.44. The lowest BCUT2D eigenvalue weighted by molar-refractivity contribution is -0.184. The molecule has 10 heterocycles. The molecule has 0 radical (unpaired) electrons. The van der Waals surface area contributed by atoms with Crippen molar-refractivity contribution in [3.8, 4) is 0 Å². The predicted octanol–water partition coefficient (Wildman–Crippen LogP) is 9.62. The average molecular weight is 1550 g/mol. The smallest absolute Gasteiger partial charge is 0.383 e. The van der Waals surface area contributed by atoms with Crippen LogP contribution in [0.15, 0.2) is 18.7 Å². The molecule has 3 saturated carbocycles. The Labute approximate surface area is 644 Å². The van der Waals surface area contributed by atoms with Gasteiger partial charge < -0.3 is 87.0 Å². The van der Waals surface area contributed by atoms with Crippen LogP contribution in [0.5, 0.6) is 0 Å². The van der Waals surface area contributed by atoms with Gasteiger partial charge in [0.25, 0.3) is 12.3 Å². The lowest BCUT2D eigenvalue weighted by atomic mass is 9.88. The van der Waals surface area contributed by atoms with Gasteiger partial charge in [0.05, 0.1) is 71.2 Å². The monoisotopic (exact) mass is 1550 g/mol. The molecule has 11 fully saturated rings. The number of hydrogen-bond donors (Lipinski definition) is 0. The Morgan fingerprint density at radius 3 is 1.34 bits per heavy atom. The summed E-state index contributed by atoms with van der Waals surface area (Å²) in [5.74, 6) is 1.94. The topological polar surface area (TPSA) is 118 Å². The van der Waals surface area contributed by atoms with Gasteiger partial charge in [-0.15, -0.1) is 10.2 Å². The highest BCUT2D eigenvalue weighted by molar-refractivity contribution is 4.96. The number of aryl methyl sites for hydroxylation is 2. The summed E-state index contributed by atoms with van der Waals surface area (Å²) < 4.78 is 126. The van der Waals surface area contributed by atoms with Crippen LogP contribution in [-0.2, 0) is 41.4 Å². The van der Waals surface area contributed by atoms with E-state index < -0.39 is 36.8 Å². The van der Waals surface area contributed by atoms with Gasteiger partial charge in [-0.05, 0) is 255 Å². The minimum absolute atomic E-state index is 0.0312. The molecule has 2 aromatic rings. The van der Waals surface area contributed by atoms with Crippen molar-refractivity contribution < 1.29 is 53.7 Å². The van der Waals surface area contributed by atoms with E-state index in [1.54, 1.807) is 39.5 Å². The molecule has 0 amide bonds. The van der Waals surface area contributed by atoms with Crippen LogP contribution in [0.2, 0.25) is 0 Å². The number of likely N-dealkylation sites (tertiary alicyclic amines) is 6. The van der Waals surface area contributed by atoms with Gasteiger partial charge in [-0.3, -0.25) is 0 Å². The van der Waals surface area contributed by atoms with Crippen molar-refractivity contribution in [3.63, 3.8) is 0 Å². The molecule has 13 rings (SSSR count). The Hall–Kier alpha value is -2.92. The van der Waals surface area contributed by atoms with E-state index in [9.17, 15) is 39.5 Å². The third kappa shape index (κ3) is 55.2. The van der Waals surface area contributed by atoms with Crippen LogP contribution in [0.4, 0.5) is 39.5 Å². The zero-order valence-electron chi connectivity index (χ0n) is 71.3. The molecule has 0 N–H and O–H groups in total. The molecule has 8 aliphatic heterocycles. The number of halogens is 9. The molecule has 3 atom stereocenters. The van der Waals surface area contributed by atoms with Gasteiger partial charge in [-0.2, -0.15) is 13.2 Å². The van der Waals surface area contributed by atoms with Crippen molar-refractivity contribution >= 4 is 0 Å². The molecule has 0 aromatic carbocycles. The van der Waals surface area contributed by atoms with Gasteiger partial charge in [-0.1, -0.05) is 13.3 Å². The summed E-state index contributed by atoms with van der Waals surface area (Å²) in [7, 11) is 43.6. The largest absolute Gasteiger partial charge is 0.391 e. The number of methoxy groups -OCH3 is 1. The van der Waals surface area contributed by atoms with Crippen LogP contribution >= 0.6 is 0 Å². The van der Waals surface area contributed by atoms with Crippen molar-refractivity contribution in [3.05, 3.63) is 30.4 Å². The van der Waals surface area contributed by atoms with Gasteiger partial charge >= 0.3 is 6.18 Å². The van der Waals surface area contributed by atoms with E-state index >= 15 is 0 Å². The number of imidazole rings is 1. The van der Waals surface area contributed by atoms with Gasteiger partial charge in [0.1, 0.15) is 30.3 Å². The Morgan fingerprint density at radius 1 is 0.570 bits per heavy atom. The van der Waals surface area contributed by atoms with Gasteiger partial charge in [0.15, 0.2) is 0 Å². The zero-order chi connectivity index (χ0) is 81.0. The molecule has 107 heavy (non-hydrogen) atoms. The van der Waals surface area contributed by atoms with Crippen LogP contribution in [0.1, 0.15) is 108 Å². The molecule has 3 unspecified atom stereocenters. The molecular weight excluding hydrogens is 1400 g/mol. The van der Waals surface area contributed by atoms with Crippen LogP contribution in [0.3, 0.4) is 0 Å². The fourth-order valence-electron chi connectivity index (χ4n) is 12.1. The molecule has 634 valence electrons. The zero-order valence-corrected chi connectivity index (χ0v) is 71.3. The molecule has 3 aliphatic carbocycles. The summed E-state index contributed by atoms with van der Waals surface area (Å²) in [6, 6.07) is 1.67. The number of likely N-dealkylation sites (N-methyl/N-ethyl adjacent to an activating group) is 2. The van der Waals surface area contributed by atoms with E-state index in [4.69, 9.17) is 14.2 Å². The Morgan fingerprint density at radius 2 is 1.09 bits per heavy atom. The minimum Gasteiger partial charge on any atom is -0.383 e. The van der Waals surface area contributed by atoms with E-state index in [0.717, 1.165) is 134 Å². The highest BCUT2D eigenvalue weighted by Crippen LogP contribution is 2.44. The molecule has 21 nitrogen and oxygen atoms in total. The van der Waals surface area contributed by atoms with Gasteiger partial charge in [-0.25, -0.2) is 31.3 Å². The number of alkyl halides is 9. The standard InChI is InChI=1S/C8H15N.C7H12F3N.C7H13N3.C7H15NO.C6H12FN.C6H12N4.C6H11N.C6H13N.C5H9F2N.C5H10FN.C5H11NO.C5H13NO.C4H9F2N/c1-9(8-4-5-8)6-7-2-3-7;1-11-4-2-6(3-5-11)7(8,9)10;1-9(2)6-7-8-4-5-10(7)3;1-7(4-8(2)3)5-9-6-7;1-8-4-2-6(7)3-5-8;1-9(2)4-6-8-7-5-10(6)3;1-7-3-5-2-6(5)4-7;1-7-5-3-2-4-6-7;1-8-3-2-5(6,7)4-8;1-7-3-2-5(6)4-7;1-6(2)5-3-7-4-5;1-6(2)4-5-7-3;1-7(2)3-4(5)6/h7-8H,2-6H2,1H3;6H,2-5H2,1H3;4-5H,6H2,1-3H3;4-6H2,1-3H3;6H,2-5H2,1H3;5H,4H2,1-3H3;5-6H,2-4H2,1H3;2-6H2,1H3;2-4H2,1H3;5H,2-4H2,1H3;5H,3-4H2,1-2H3;4-5H2,1-3H3;4H,3H2,1-2H3. The number of fused-ring (bicyclic) bond motifs is 1. The summed E-state index contributed by atoms with van der Waals surface area (Å²) in [4.78, 5) is 31.4. The fraction of sp³-hybridized carbons (Fsp3) is 0.935. The Balaban J connectivity index is 0.000000581. The number of nitrogens with zero attached hydrogens (tertiary/aromatic N) is 18. The van der Waals surface area contributed by atoms with E-state index in [0.29, 0.717) is 37.6 Å². The number of ether oxygens (including phenoxy) is 3. The van der Waals surface area contributed by atoms with Crippen molar-refractivity contribution in [1.82, 2.24) is 88.0 Å². The predicted molar refractivity (Wildman–Crippen MR) is 421 cm³/mol. The van der Waals surface area contributed by atoms with Crippen molar-refractivity contribution in [2.45, 2.75) is 153 Å². The van der Waals surface area contributed by atoms with E-state index in [1.165, 1.54) is 89.0 Å². The lowest BCUT2D eigenvalue weighted by Gasteiger charge is -2.39. The summed E-state index contributed by atoms with van der Waals surface area (Å²) in [5, 5.41) is 7.69. The molecule has 0 spiro atoms. The quantitative estimate of drug-likeness (QED) is 0.157. The Kier molecular flexibility index (Phi) is 53.0. The Bertz CT molecular complexity index is 2330. The van der Waals surface area contributed by atoms with Crippen LogP contribution in [-0.4, -0.2) is 410 Å². The van der Waals surface area contributed by atoms with Gasteiger partial charge in [0.2, 0.25) is 0 Å². The maximum atomic E-state index is 12.3. The van der Waals surface area contributed by atoms with Crippen molar-refractivity contribution in [2.24, 2.45) is 43.2 Å². The van der Waals surface area contributed by atoms with E-state index in [1.807, 2.05) is 109 Å². The third-order valence-electron chi connectivity index (χ3n) is 19.5. The summed E-state index contributed by atoms with van der Waals surface area (Å²) in [5.41, 5.74) is 0.448. The van der Waals surface area contributed by atoms with Crippen LogP contribution in [0.25, 0.3) is 0 Å². The first-order chi connectivity index (χ1) is 50.0. The maximum absolute atomic E-state index is 12.3. The number of aromatic nitrogens is 5. The molecular formula is C77H155F9N18O3. The second-order valence-corrected chi connectivity index (χ2v) is 33.5. The minimum atomic E-state index is -3.97. The van der Waals surface area contributed by atoms with E-state index in [2.05, 4.69) is 116 Å². The number of rotatable bonds is 15. The first-order valence-corrected chi connectivity index (χ1v) is 39.2. The molecule has 8 saturated heterocycles. The summed E-state index contributed by atoms with van der Waals surface area (Å²) in [6.07, 6.45) is 12.7. The second-order valence-electron chi connectivity index (χ2n) is 33.5. The van der Waals surface area contributed by atoms with Crippen molar-refractivity contribution in [2.75, 3.05) is 279 Å². The average Bonchev–Trinajstić information content (AvgIpc) is 1.64. The van der Waals surface area contributed by atoms with Crippen molar-refractivity contribution in [1.29, 1.82) is 0 Å². The van der Waals surface area contributed by atoms with Crippen LogP contribution in [0, 0.1) is 29.1 Å². The first kappa shape index (κ1) is 102. The van der Waals surface area contributed by atoms with Crippen LogP contribution < -0.4 is 0 Å². The van der Waals surface area contributed by atoms with E-state index in [-0.39, 0.29) is 32.4 Å². The second kappa shape index (κ2) is 55.5. The van der Waals surface area contributed by atoms with Gasteiger partial charge in [0, 0.05) is 117 Å². The highest BCUT2D eigenvalue weighted by atomic mass is 19.4. The lowest BCUT2D eigenvalue weighted by Crippen LogP contribution is -2.46. The molecule has 11 aliphatic rings. The number of piperidine rings is 4. The summed E-state index contributed by atoms with van der Waals surface area (Å²) >= 11 is 0.